The van der Waals surface area contributed by atoms with Gasteiger partial charge in [0.2, 0.25) is 0 Å². The van der Waals surface area contributed by atoms with Gasteiger partial charge in [-0.2, -0.15) is 5.26 Å². The van der Waals surface area contributed by atoms with Crippen LogP contribution in [0.25, 0.3) is 0 Å². The molecule has 1 fully saturated rings. The number of hydrogen-bond acceptors (Lipinski definition) is 4. The quantitative estimate of drug-likeness (QED) is 0.755. The number of nitriles is 1. The van der Waals surface area contributed by atoms with Crippen molar-refractivity contribution in [3.8, 4) is 6.07 Å². The molecular weight excluding hydrogens is 220 g/mol. The fourth-order valence-corrected chi connectivity index (χ4v) is 1.77. The summed E-state index contributed by atoms with van der Waals surface area (Å²) in [7, 11) is 0. The summed E-state index contributed by atoms with van der Waals surface area (Å²) in [5.74, 6) is -0.359. The zero-order valence-corrected chi connectivity index (χ0v) is 10.4. The van der Waals surface area contributed by atoms with E-state index in [-0.39, 0.29) is 18.2 Å². The zero-order chi connectivity index (χ0) is 13.1. The SMILES string of the molecule is CC(C)(C)OC(=O)NC1CCC(=O)CC1C#N. The third-order valence-electron chi connectivity index (χ3n) is 2.54. The second kappa shape index (κ2) is 5.17. The van der Waals surface area contributed by atoms with Crippen molar-refractivity contribution >= 4 is 11.9 Å². The number of carbonyl (C=O) groups is 2. The van der Waals surface area contributed by atoms with Crippen molar-refractivity contribution in [1.82, 2.24) is 5.32 Å². The first-order chi connectivity index (χ1) is 7.81. The number of rotatable bonds is 1. The molecule has 2 unspecified atom stereocenters. The van der Waals surface area contributed by atoms with Gasteiger partial charge in [-0.25, -0.2) is 4.79 Å². The number of ketones is 1. The molecule has 1 rings (SSSR count). The molecule has 1 aliphatic rings. The molecule has 0 aromatic carbocycles. The molecule has 94 valence electrons. The van der Waals surface area contributed by atoms with Crippen LogP contribution in [0.3, 0.4) is 0 Å². The van der Waals surface area contributed by atoms with E-state index in [1.165, 1.54) is 0 Å². The largest absolute Gasteiger partial charge is 0.444 e. The van der Waals surface area contributed by atoms with E-state index >= 15 is 0 Å². The Morgan fingerprint density at radius 3 is 2.71 bits per heavy atom. The summed E-state index contributed by atoms with van der Waals surface area (Å²) in [5.41, 5.74) is -0.559. The molecule has 17 heavy (non-hydrogen) atoms. The number of alkyl carbamates (subject to hydrolysis) is 1. The van der Waals surface area contributed by atoms with Crippen LogP contribution in [0.2, 0.25) is 0 Å². The van der Waals surface area contributed by atoms with E-state index < -0.39 is 17.6 Å². The zero-order valence-electron chi connectivity index (χ0n) is 10.4. The summed E-state index contributed by atoms with van der Waals surface area (Å²) in [4.78, 5) is 22.7. The molecule has 0 heterocycles. The summed E-state index contributed by atoms with van der Waals surface area (Å²) >= 11 is 0. The molecule has 1 aliphatic carbocycles. The van der Waals surface area contributed by atoms with Gasteiger partial charge in [-0.05, 0) is 27.2 Å². The third kappa shape index (κ3) is 4.43. The Balaban J connectivity index is 2.53. The van der Waals surface area contributed by atoms with Gasteiger partial charge in [-0.1, -0.05) is 0 Å². The average Bonchev–Trinajstić information content (AvgIpc) is 2.17. The first kappa shape index (κ1) is 13.5. The summed E-state index contributed by atoms with van der Waals surface area (Å²) in [6.07, 6.45) is 0.614. The van der Waals surface area contributed by atoms with Gasteiger partial charge in [-0.3, -0.25) is 4.79 Å². The van der Waals surface area contributed by atoms with E-state index in [2.05, 4.69) is 11.4 Å². The first-order valence-electron chi connectivity index (χ1n) is 5.72. The number of hydrogen-bond donors (Lipinski definition) is 1. The Bertz CT molecular complexity index is 352. The van der Waals surface area contributed by atoms with Gasteiger partial charge in [0.25, 0.3) is 0 Å². The molecule has 5 nitrogen and oxygen atoms in total. The van der Waals surface area contributed by atoms with Crippen LogP contribution in [0.1, 0.15) is 40.0 Å². The molecule has 1 amide bonds. The van der Waals surface area contributed by atoms with Crippen molar-refractivity contribution in [2.75, 3.05) is 0 Å². The molecule has 0 aromatic rings. The molecule has 1 N–H and O–H groups in total. The fourth-order valence-electron chi connectivity index (χ4n) is 1.77. The highest BCUT2D eigenvalue weighted by Gasteiger charge is 2.31. The van der Waals surface area contributed by atoms with E-state index in [4.69, 9.17) is 10.00 Å². The Labute approximate surface area is 101 Å². The Kier molecular flexibility index (Phi) is 4.11. The van der Waals surface area contributed by atoms with Crippen molar-refractivity contribution in [2.24, 2.45) is 5.92 Å². The lowest BCUT2D eigenvalue weighted by atomic mass is 9.85. The highest BCUT2D eigenvalue weighted by Crippen LogP contribution is 2.21. The number of nitrogens with one attached hydrogen (secondary N) is 1. The van der Waals surface area contributed by atoms with E-state index in [0.717, 1.165) is 0 Å². The first-order valence-corrected chi connectivity index (χ1v) is 5.72. The van der Waals surface area contributed by atoms with Crippen molar-refractivity contribution in [3.05, 3.63) is 0 Å². The molecular formula is C12H18N2O3. The van der Waals surface area contributed by atoms with Crippen LogP contribution < -0.4 is 5.32 Å². The number of nitrogens with zero attached hydrogens (tertiary/aromatic N) is 1. The Morgan fingerprint density at radius 1 is 1.53 bits per heavy atom. The molecule has 0 bridgehead atoms. The molecule has 1 saturated carbocycles. The van der Waals surface area contributed by atoms with Crippen molar-refractivity contribution in [1.29, 1.82) is 5.26 Å². The lowest BCUT2D eigenvalue weighted by Gasteiger charge is -2.28. The third-order valence-corrected chi connectivity index (χ3v) is 2.54. The molecule has 5 heteroatoms. The monoisotopic (exact) mass is 238 g/mol. The topological polar surface area (TPSA) is 79.2 Å². The molecule has 2 atom stereocenters. The lowest BCUT2D eigenvalue weighted by Crippen LogP contribution is -2.45. The van der Waals surface area contributed by atoms with E-state index in [0.29, 0.717) is 12.8 Å². The molecule has 0 aromatic heterocycles. The van der Waals surface area contributed by atoms with Crippen LogP contribution in [0.5, 0.6) is 0 Å². The number of carbonyl (C=O) groups excluding carboxylic acids is 2. The van der Waals surface area contributed by atoms with Gasteiger partial charge >= 0.3 is 6.09 Å². The summed E-state index contributed by atoms with van der Waals surface area (Å²) in [5, 5.41) is 11.6. The van der Waals surface area contributed by atoms with E-state index in [9.17, 15) is 9.59 Å². The normalized spacial score (nSPS) is 24.9. The number of amides is 1. The summed E-state index contributed by atoms with van der Waals surface area (Å²) < 4.78 is 5.12. The Hall–Kier alpha value is -1.57. The minimum absolute atomic E-state index is 0.0822. The highest BCUT2D eigenvalue weighted by molar-refractivity contribution is 5.80. The maximum absolute atomic E-state index is 11.5. The van der Waals surface area contributed by atoms with Crippen molar-refractivity contribution in [2.45, 2.75) is 51.7 Å². The van der Waals surface area contributed by atoms with Crippen LogP contribution in [-0.4, -0.2) is 23.5 Å². The maximum atomic E-state index is 11.5. The van der Waals surface area contributed by atoms with Crippen LogP contribution in [0.15, 0.2) is 0 Å². The second-order valence-electron chi connectivity index (χ2n) is 5.27. The van der Waals surface area contributed by atoms with Gasteiger partial charge in [-0.15, -0.1) is 0 Å². The Morgan fingerprint density at radius 2 is 2.18 bits per heavy atom. The second-order valence-corrected chi connectivity index (χ2v) is 5.27. The predicted octanol–water partition coefficient (Wildman–Crippen LogP) is 1.77. The van der Waals surface area contributed by atoms with E-state index in [1.54, 1.807) is 20.8 Å². The van der Waals surface area contributed by atoms with Crippen LogP contribution in [0, 0.1) is 17.2 Å². The van der Waals surface area contributed by atoms with Crippen molar-refractivity contribution < 1.29 is 14.3 Å². The minimum Gasteiger partial charge on any atom is -0.444 e. The highest BCUT2D eigenvalue weighted by atomic mass is 16.6. The van der Waals surface area contributed by atoms with Gasteiger partial charge in [0.05, 0.1) is 12.0 Å². The van der Waals surface area contributed by atoms with Gasteiger partial charge in [0.15, 0.2) is 0 Å². The fraction of sp³-hybridized carbons (Fsp3) is 0.750. The smallest absolute Gasteiger partial charge is 0.407 e. The summed E-state index contributed by atoms with van der Waals surface area (Å²) in [6.45, 7) is 5.33. The minimum atomic E-state index is -0.559. The summed E-state index contributed by atoms with van der Waals surface area (Å²) in [6, 6.07) is 1.78. The molecule has 0 radical (unpaired) electrons. The van der Waals surface area contributed by atoms with Crippen LogP contribution >= 0.6 is 0 Å². The van der Waals surface area contributed by atoms with Crippen molar-refractivity contribution in [3.63, 3.8) is 0 Å². The lowest BCUT2D eigenvalue weighted by molar-refractivity contribution is -0.121. The molecule has 0 aliphatic heterocycles. The standard InChI is InChI=1S/C12H18N2O3/c1-12(2,3)17-11(16)14-10-5-4-9(15)6-8(10)7-13/h8,10H,4-6H2,1-3H3,(H,14,16). The van der Waals surface area contributed by atoms with Crippen LogP contribution in [-0.2, 0) is 9.53 Å². The van der Waals surface area contributed by atoms with Gasteiger partial charge in [0, 0.05) is 18.9 Å². The van der Waals surface area contributed by atoms with Gasteiger partial charge in [0.1, 0.15) is 11.4 Å². The van der Waals surface area contributed by atoms with Gasteiger partial charge < -0.3 is 10.1 Å². The molecule has 0 saturated heterocycles. The number of Topliss-reactive ketones (excluding diaryl/α,β-unsaturated/α-hetero) is 1. The van der Waals surface area contributed by atoms with Crippen LogP contribution in [0.4, 0.5) is 4.79 Å². The predicted molar refractivity (Wildman–Crippen MR) is 61.1 cm³/mol. The molecule has 0 spiro atoms. The van der Waals surface area contributed by atoms with E-state index in [1.807, 2.05) is 0 Å². The number of ether oxygens (including phenoxy) is 1. The average molecular weight is 238 g/mol. The maximum Gasteiger partial charge on any atom is 0.407 e.